The first-order chi connectivity index (χ1) is 14.1. The SMILES string of the molecule is CC(C)CCC[C@@H](C)[C@H]1CC[C@H]2[C@H](CCO)[C@@H]([C@@]3(C)CC[C@H](O)CC3=O)CC[C@]12C. The minimum Gasteiger partial charge on any atom is -0.396 e. The summed E-state index contributed by atoms with van der Waals surface area (Å²) in [5.41, 5.74) is 0.0581. The van der Waals surface area contributed by atoms with Crippen LogP contribution in [0.5, 0.6) is 0 Å². The van der Waals surface area contributed by atoms with Crippen LogP contribution in [0, 0.1) is 46.3 Å². The normalized spacial score (nSPS) is 43.1. The van der Waals surface area contributed by atoms with Gasteiger partial charge in [0.1, 0.15) is 5.78 Å². The number of carbonyl (C=O) groups excluding carboxylic acids is 1. The first kappa shape index (κ1) is 24.2. The lowest BCUT2D eigenvalue weighted by atomic mass is 9.49. The molecule has 2 N–H and O–H groups in total. The van der Waals surface area contributed by atoms with E-state index in [9.17, 15) is 15.0 Å². The highest BCUT2D eigenvalue weighted by atomic mass is 16.3. The van der Waals surface area contributed by atoms with Crippen molar-refractivity contribution in [3.63, 3.8) is 0 Å². The second-order valence-corrected chi connectivity index (χ2v) is 12.2. The zero-order chi connectivity index (χ0) is 22.1. The number of hydrogen-bond donors (Lipinski definition) is 2. The number of ketones is 1. The van der Waals surface area contributed by atoms with Gasteiger partial charge in [-0.15, -0.1) is 0 Å². The summed E-state index contributed by atoms with van der Waals surface area (Å²) in [4.78, 5) is 13.1. The quantitative estimate of drug-likeness (QED) is 0.505. The lowest BCUT2D eigenvalue weighted by Crippen LogP contribution is -2.51. The van der Waals surface area contributed by atoms with Gasteiger partial charge in [0.15, 0.2) is 0 Å². The van der Waals surface area contributed by atoms with E-state index in [-0.39, 0.29) is 17.8 Å². The van der Waals surface area contributed by atoms with Crippen LogP contribution in [0.25, 0.3) is 0 Å². The molecule has 0 bridgehead atoms. The average molecular weight is 421 g/mol. The van der Waals surface area contributed by atoms with E-state index < -0.39 is 6.10 Å². The standard InChI is InChI=1S/C27H48O3/c1-18(2)7-6-8-19(3)22-9-10-23-21(13-16-28)24(12-15-26(22,23)4)27(5)14-11-20(29)17-25(27)30/h18-24,28-29H,6-17H2,1-5H3/t19-,20+,21+,22-,23+,24+,26-,27-/m1/s1. The number of rotatable bonds is 8. The van der Waals surface area contributed by atoms with Crippen molar-refractivity contribution >= 4 is 5.78 Å². The smallest absolute Gasteiger partial charge is 0.141 e. The fourth-order valence-electron chi connectivity index (χ4n) is 8.20. The van der Waals surface area contributed by atoms with E-state index in [0.717, 1.165) is 43.4 Å². The number of carbonyl (C=O) groups is 1. The van der Waals surface area contributed by atoms with E-state index in [4.69, 9.17) is 0 Å². The molecule has 3 nitrogen and oxygen atoms in total. The van der Waals surface area contributed by atoms with Crippen molar-refractivity contribution in [3.8, 4) is 0 Å². The zero-order valence-corrected chi connectivity index (χ0v) is 20.3. The van der Waals surface area contributed by atoms with E-state index in [2.05, 4.69) is 34.6 Å². The van der Waals surface area contributed by atoms with Crippen LogP contribution in [0.4, 0.5) is 0 Å². The van der Waals surface area contributed by atoms with E-state index >= 15 is 0 Å². The highest BCUT2D eigenvalue weighted by molar-refractivity contribution is 5.86. The Morgan fingerprint density at radius 1 is 1.00 bits per heavy atom. The predicted octanol–water partition coefficient (Wildman–Crippen LogP) is 6.01. The molecular weight excluding hydrogens is 372 g/mol. The summed E-state index contributed by atoms with van der Waals surface area (Å²) in [5.74, 6) is 4.08. The summed E-state index contributed by atoms with van der Waals surface area (Å²) in [6.07, 6.45) is 11.2. The van der Waals surface area contributed by atoms with Crippen LogP contribution in [0.1, 0.15) is 105 Å². The van der Waals surface area contributed by atoms with Crippen molar-refractivity contribution in [2.24, 2.45) is 46.3 Å². The Bertz CT molecular complexity index is 587. The lowest BCUT2D eigenvalue weighted by Gasteiger charge is -2.55. The fraction of sp³-hybridized carbons (Fsp3) is 0.963. The molecule has 0 unspecified atom stereocenters. The van der Waals surface area contributed by atoms with Gasteiger partial charge in [0, 0.05) is 18.4 Å². The molecule has 0 aromatic rings. The second kappa shape index (κ2) is 9.61. The molecular formula is C27H48O3. The third-order valence-corrected chi connectivity index (χ3v) is 9.97. The summed E-state index contributed by atoms with van der Waals surface area (Å²) < 4.78 is 0. The monoisotopic (exact) mass is 420 g/mol. The van der Waals surface area contributed by atoms with Gasteiger partial charge in [0.25, 0.3) is 0 Å². The first-order valence-electron chi connectivity index (χ1n) is 13.0. The molecule has 3 aliphatic rings. The molecule has 0 radical (unpaired) electrons. The molecule has 8 atom stereocenters. The van der Waals surface area contributed by atoms with Gasteiger partial charge < -0.3 is 10.2 Å². The third-order valence-electron chi connectivity index (χ3n) is 9.97. The van der Waals surface area contributed by atoms with E-state index in [1.807, 2.05) is 0 Å². The summed E-state index contributed by atoms with van der Waals surface area (Å²) >= 11 is 0. The lowest BCUT2D eigenvalue weighted by molar-refractivity contribution is -0.145. The number of hydrogen-bond acceptors (Lipinski definition) is 3. The van der Waals surface area contributed by atoms with Crippen LogP contribution >= 0.6 is 0 Å². The Morgan fingerprint density at radius 2 is 1.73 bits per heavy atom. The van der Waals surface area contributed by atoms with Gasteiger partial charge in [-0.2, -0.15) is 0 Å². The molecule has 0 heterocycles. The number of aliphatic hydroxyl groups is 2. The Morgan fingerprint density at radius 3 is 2.37 bits per heavy atom. The topological polar surface area (TPSA) is 57.5 Å². The Hall–Kier alpha value is -0.410. The molecule has 3 heteroatoms. The molecule has 0 amide bonds. The van der Waals surface area contributed by atoms with Gasteiger partial charge in [0.2, 0.25) is 0 Å². The average Bonchev–Trinajstić information content (AvgIpc) is 3.02. The highest BCUT2D eigenvalue weighted by Gasteiger charge is 2.58. The van der Waals surface area contributed by atoms with Gasteiger partial charge in [-0.1, -0.05) is 53.9 Å². The van der Waals surface area contributed by atoms with Crippen molar-refractivity contribution in [1.29, 1.82) is 0 Å². The predicted molar refractivity (Wildman–Crippen MR) is 123 cm³/mol. The van der Waals surface area contributed by atoms with Crippen molar-refractivity contribution < 1.29 is 15.0 Å². The Kier molecular flexibility index (Phi) is 7.76. The van der Waals surface area contributed by atoms with Crippen LogP contribution in [0.3, 0.4) is 0 Å². The van der Waals surface area contributed by atoms with Crippen molar-refractivity contribution in [1.82, 2.24) is 0 Å². The zero-order valence-electron chi connectivity index (χ0n) is 20.3. The second-order valence-electron chi connectivity index (χ2n) is 12.2. The third kappa shape index (κ3) is 4.53. The molecule has 3 fully saturated rings. The molecule has 0 saturated heterocycles. The molecule has 3 rings (SSSR count). The van der Waals surface area contributed by atoms with Crippen LogP contribution in [-0.4, -0.2) is 28.7 Å². The maximum atomic E-state index is 13.1. The fourth-order valence-corrected chi connectivity index (χ4v) is 8.20. The maximum absolute atomic E-state index is 13.1. The van der Waals surface area contributed by atoms with Crippen molar-refractivity contribution in [2.75, 3.05) is 6.61 Å². The van der Waals surface area contributed by atoms with E-state index in [0.29, 0.717) is 29.6 Å². The first-order valence-corrected chi connectivity index (χ1v) is 13.0. The summed E-state index contributed by atoms with van der Waals surface area (Å²) in [6, 6.07) is 0. The van der Waals surface area contributed by atoms with Gasteiger partial charge in [0.05, 0.1) is 6.10 Å². The van der Waals surface area contributed by atoms with Crippen molar-refractivity contribution in [2.45, 2.75) is 111 Å². The summed E-state index contributed by atoms with van der Waals surface area (Å²) in [5, 5.41) is 20.0. The van der Waals surface area contributed by atoms with Crippen LogP contribution in [0.2, 0.25) is 0 Å². The van der Waals surface area contributed by atoms with Gasteiger partial charge >= 0.3 is 0 Å². The van der Waals surface area contributed by atoms with Crippen molar-refractivity contribution in [3.05, 3.63) is 0 Å². The molecule has 0 spiro atoms. The molecule has 0 aliphatic heterocycles. The van der Waals surface area contributed by atoms with Crippen LogP contribution in [-0.2, 0) is 4.79 Å². The van der Waals surface area contributed by atoms with Gasteiger partial charge in [-0.05, 0) is 85.9 Å². The van der Waals surface area contributed by atoms with Crippen LogP contribution in [0.15, 0.2) is 0 Å². The molecule has 0 aromatic carbocycles. The summed E-state index contributed by atoms with van der Waals surface area (Å²) in [6.45, 7) is 12.1. The largest absolute Gasteiger partial charge is 0.396 e. The molecule has 0 aromatic heterocycles. The summed E-state index contributed by atoms with van der Waals surface area (Å²) in [7, 11) is 0. The van der Waals surface area contributed by atoms with E-state index in [1.54, 1.807) is 0 Å². The van der Waals surface area contributed by atoms with Gasteiger partial charge in [-0.25, -0.2) is 0 Å². The maximum Gasteiger partial charge on any atom is 0.141 e. The minimum atomic E-state index is -0.446. The molecule has 3 saturated carbocycles. The number of fused-ring (bicyclic) bond motifs is 1. The van der Waals surface area contributed by atoms with Gasteiger partial charge in [-0.3, -0.25) is 4.79 Å². The van der Waals surface area contributed by atoms with Crippen LogP contribution < -0.4 is 0 Å². The Balaban J connectivity index is 1.76. The molecule has 174 valence electrons. The number of aliphatic hydroxyl groups excluding tert-OH is 2. The highest BCUT2D eigenvalue weighted by Crippen LogP contribution is 2.64. The molecule has 30 heavy (non-hydrogen) atoms. The molecule has 3 aliphatic carbocycles. The minimum absolute atomic E-state index is 0.231. The number of Topliss-reactive ketones (excluding diaryl/α,β-unsaturated/α-hetero) is 1. The van der Waals surface area contributed by atoms with E-state index in [1.165, 1.54) is 38.5 Å². The Labute approximate surface area is 185 Å².